The van der Waals surface area contributed by atoms with E-state index in [0.29, 0.717) is 5.92 Å². The molecule has 1 fully saturated rings. The zero-order valence-corrected chi connectivity index (χ0v) is 13.5. The second-order valence-electron chi connectivity index (χ2n) is 6.46. The highest BCUT2D eigenvalue weighted by atomic mass is 16.1. The first-order chi connectivity index (χ1) is 9.71. The summed E-state index contributed by atoms with van der Waals surface area (Å²) in [6, 6.07) is 0. The maximum atomic E-state index is 12.2. The molecule has 0 aliphatic heterocycles. The van der Waals surface area contributed by atoms with Crippen LogP contribution in [0.25, 0.3) is 0 Å². The van der Waals surface area contributed by atoms with Crippen LogP contribution in [0.3, 0.4) is 0 Å². The van der Waals surface area contributed by atoms with Crippen LogP contribution < -0.4 is 11.1 Å². The van der Waals surface area contributed by atoms with Crippen LogP contribution in [0.15, 0.2) is 0 Å². The summed E-state index contributed by atoms with van der Waals surface area (Å²) < 4.78 is 0. The molecule has 0 radical (unpaired) electrons. The number of hydrogen-bond acceptors (Lipinski definition) is 2. The molecule has 3 heteroatoms. The smallest absolute Gasteiger partial charge is 0.223 e. The monoisotopic (exact) mass is 282 g/mol. The number of nitrogens with two attached hydrogens (primary N) is 1. The van der Waals surface area contributed by atoms with E-state index in [0.717, 1.165) is 44.7 Å². The Balaban J connectivity index is 2.21. The summed E-state index contributed by atoms with van der Waals surface area (Å²) >= 11 is 0. The quantitative estimate of drug-likeness (QED) is 0.680. The first-order valence-corrected chi connectivity index (χ1v) is 8.68. The van der Waals surface area contributed by atoms with Gasteiger partial charge in [0.15, 0.2) is 0 Å². The van der Waals surface area contributed by atoms with Gasteiger partial charge in [-0.05, 0) is 50.5 Å². The molecular formula is C17H34N2O. The molecule has 3 nitrogen and oxygen atoms in total. The molecule has 3 N–H and O–H groups in total. The van der Waals surface area contributed by atoms with Crippen molar-refractivity contribution in [3.8, 4) is 0 Å². The molecule has 1 saturated carbocycles. The molecule has 1 aliphatic rings. The second kappa shape index (κ2) is 10.2. The van der Waals surface area contributed by atoms with Gasteiger partial charge in [0.1, 0.15) is 0 Å². The third-order valence-electron chi connectivity index (χ3n) is 4.90. The van der Waals surface area contributed by atoms with Gasteiger partial charge in [-0.1, -0.05) is 39.5 Å². The van der Waals surface area contributed by atoms with E-state index in [1.54, 1.807) is 0 Å². The molecule has 1 atom stereocenters. The van der Waals surface area contributed by atoms with E-state index in [4.69, 9.17) is 5.73 Å². The average Bonchev–Trinajstić information content (AvgIpc) is 2.49. The summed E-state index contributed by atoms with van der Waals surface area (Å²) in [5.74, 6) is 1.97. The van der Waals surface area contributed by atoms with Gasteiger partial charge in [-0.15, -0.1) is 0 Å². The van der Waals surface area contributed by atoms with Gasteiger partial charge in [-0.2, -0.15) is 0 Å². The lowest BCUT2D eigenvalue weighted by Crippen LogP contribution is -2.36. The highest BCUT2D eigenvalue weighted by Gasteiger charge is 2.26. The molecular weight excluding hydrogens is 248 g/mol. The minimum Gasteiger partial charge on any atom is -0.356 e. The number of hydrogen-bond donors (Lipinski definition) is 2. The SMILES string of the molecule is CCCCC1CCC(C(=O)NCC(CC)CCN)CC1. The van der Waals surface area contributed by atoms with Gasteiger partial charge in [-0.3, -0.25) is 4.79 Å². The van der Waals surface area contributed by atoms with Crippen LogP contribution in [0.4, 0.5) is 0 Å². The number of unbranched alkanes of at least 4 members (excludes halogenated alkanes) is 1. The molecule has 0 aromatic carbocycles. The van der Waals surface area contributed by atoms with Crippen molar-refractivity contribution in [3.05, 3.63) is 0 Å². The molecule has 0 aromatic heterocycles. The Morgan fingerprint density at radius 1 is 1.25 bits per heavy atom. The Bertz CT molecular complexity index is 260. The van der Waals surface area contributed by atoms with Crippen LogP contribution >= 0.6 is 0 Å². The van der Waals surface area contributed by atoms with Crippen LogP contribution in [0, 0.1) is 17.8 Å². The van der Waals surface area contributed by atoms with Gasteiger partial charge in [0, 0.05) is 12.5 Å². The van der Waals surface area contributed by atoms with E-state index < -0.39 is 0 Å². The minimum absolute atomic E-state index is 0.267. The Hall–Kier alpha value is -0.570. The summed E-state index contributed by atoms with van der Waals surface area (Å²) in [4.78, 5) is 12.2. The van der Waals surface area contributed by atoms with E-state index >= 15 is 0 Å². The van der Waals surface area contributed by atoms with Crippen LogP contribution in [0.1, 0.15) is 71.6 Å². The number of carbonyl (C=O) groups is 1. The second-order valence-corrected chi connectivity index (χ2v) is 6.46. The molecule has 20 heavy (non-hydrogen) atoms. The normalized spacial score (nSPS) is 24.4. The topological polar surface area (TPSA) is 55.1 Å². The van der Waals surface area contributed by atoms with Crippen molar-refractivity contribution in [2.24, 2.45) is 23.5 Å². The molecule has 1 unspecified atom stereocenters. The van der Waals surface area contributed by atoms with Crippen LogP contribution in [-0.2, 0) is 4.79 Å². The molecule has 0 spiro atoms. The van der Waals surface area contributed by atoms with Gasteiger partial charge in [0.25, 0.3) is 0 Å². The van der Waals surface area contributed by atoms with Gasteiger partial charge in [-0.25, -0.2) is 0 Å². The van der Waals surface area contributed by atoms with E-state index in [2.05, 4.69) is 19.2 Å². The van der Waals surface area contributed by atoms with Gasteiger partial charge in [0.05, 0.1) is 0 Å². The molecule has 1 aliphatic carbocycles. The predicted octanol–water partition coefficient (Wildman–Crippen LogP) is 3.47. The van der Waals surface area contributed by atoms with Gasteiger partial charge in [0.2, 0.25) is 5.91 Å². The molecule has 118 valence electrons. The first kappa shape index (κ1) is 17.5. The third-order valence-corrected chi connectivity index (χ3v) is 4.90. The van der Waals surface area contributed by atoms with Crippen molar-refractivity contribution in [2.75, 3.05) is 13.1 Å². The maximum absolute atomic E-state index is 12.2. The van der Waals surface area contributed by atoms with Gasteiger partial charge >= 0.3 is 0 Å². The largest absolute Gasteiger partial charge is 0.356 e. The summed E-state index contributed by atoms with van der Waals surface area (Å²) in [5, 5.41) is 3.15. The number of rotatable bonds is 9. The summed E-state index contributed by atoms with van der Waals surface area (Å²) in [5.41, 5.74) is 5.60. The molecule has 1 amide bonds. The van der Waals surface area contributed by atoms with Crippen molar-refractivity contribution in [3.63, 3.8) is 0 Å². The predicted molar refractivity (Wildman–Crippen MR) is 85.4 cm³/mol. The fourth-order valence-electron chi connectivity index (χ4n) is 3.28. The lowest BCUT2D eigenvalue weighted by molar-refractivity contribution is -0.126. The van der Waals surface area contributed by atoms with E-state index in [1.165, 1.54) is 32.1 Å². The average molecular weight is 282 g/mol. The zero-order chi connectivity index (χ0) is 14.8. The van der Waals surface area contributed by atoms with Crippen molar-refractivity contribution in [2.45, 2.75) is 71.6 Å². The number of amides is 1. The minimum atomic E-state index is 0.267. The van der Waals surface area contributed by atoms with E-state index in [-0.39, 0.29) is 11.8 Å². The maximum Gasteiger partial charge on any atom is 0.223 e. The van der Waals surface area contributed by atoms with E-state index in [1.807, 2.05) is 0 Å². The van der Waals surface area contributed by atoms with Crippen molar-refractivity contribution >= 4 is 5.91 Å². The number of nitrogens with one attached hydrogen (secondary N) is 1. The fraction of sp³-hybridized carbons (Fsp3) is 0.941. The summed E-state index contributed by atoms with van der Waals surface area (Å²) in [7, 11) is 0. The highest BCUT2D eigenvalue weighted by Crippen LogP contribution is 2.31. The third kappa shape index (κ3) is 6.25. The lowest BCUT2D eigenvalue weighted by Gasteiger charge is -2.28. The molecule has 0 bridgehead atoms. The number of carbonyl (C=O) groups excluding carboxylic acids is 1. The fourth-order valence-corrected chi connectivity index (χ4v) is 3.28. The van der Waals surface area contributed by atoms with Crippen LogP contribution in [0.2, 0.25) is 0 Å². The van der Waals surface area contributed by atoms with Gasteiger partial charge < -0.3 is 11.1 Å². The highest BCUT2D eigenvalue weighted by molar-refractivity contribution is 5.78. The molecule has 1 rings (SSSR count). The van der Waals surface area contributed by atoms with Crippen molar-refractivity contribution in [1.29, 1.82) is 0 Å². The first-order valence-electron chi connectivity index (χ1n) is 8.68. The Morgan fingerprint density at radius 3 is 2.50 bits per heavy atom. The lowest BCUT2D eigenvalue weighted by atomic mass is 9.79. The Kier molecular flexibility index (Phi) is 8.92. The van der Waals surface area contributed by atoms with Crippen molar-refractivity contribution in [1.82, 2.24) is 5.32 Å². The molecule has 0 aromatic rings. The van der Waals surface area contributed by atoms with Crippen molar-refractivity contribution < 1.29 is 4.79 Å². The summed E-state index contributed by atoms with van der Waals surface area (Å²) in [6.07, 6.45) is 10.8. The molecule has 0 saturated heterocycles. The Labute approximate surface area is 125 Å². The zero-order valence-electron chi connectivity index (χ0n) is 13.5. The summed E-state index contributed by atoms with van der Waals surface area (Å²) in [6.45, 7) is 5.95. The van der Waals surface area contributed by atoms with Crippen LogP contribution in [0.5, 0.6) is 0 Å². The van der Waals surface area contributed by atoms with E-state index in [9.17, 15) is 4.79 Å². The van der Waals surface area contributed by atoms with Crippen LogP contribution in [-0.4, -0.2) is 19.0 Å². The standard InChI is InChI=1S/C17H34N2O/c1-3-5-6-15-7-9-16(10-8-15)17(20)19-13-14(4-2)11-12-18/h14-16H,3-13,18H2,1-2H3,(H,19,20). The molecule has 0 heterocycles. The Morgan fingerprint density at radius 2 is 1.95 bits per heavy atom.